The third-order valence-corrected chi connectivity index (χ3v) is 2.33. The van der Waals surface area contributed by atoms with E-state index in [1.54, 1.807) is 13.8 Å². The second-order valence-electron chi connectivity index (χ2n) is 3.97. The predicted octanol–water partition coefficient (Wildman–Crippen LogP) is 3.44. The molecule has 0 amide bonds. The molecule has 0 saturated heterocycles. The highest BCUT2D eigenvalue weighted by Gasteiger charge is 2.04. The molecule has 0 aliphatic carbocycles. The van der Waals surface area contributed by atoms with E-state index in [4.69, 9.17) is 9.47 Å². The molecule has 0 unspecified atom stereocenters. The molecule has 0 heterocycles. The van der Waals surface area contributed by atoms with E-state index in [0.717, 1.165) is 24.3 Å². The lowest BCUT2D eigenvalue weighted by atomic mass is 10.1. The summed E-state index contributed by atoms with van der Waals surface area (Å²) in [6, 6.07) is 7.65. The zero-order valence-electron chi connectivity index (χ0n) is 11.2. The summed E-state index contributed by atoms with van der Waals surface area (Å²) in [5, 5.41) is 0. The van der Waals surface area contributed by atoms with Crippen LogP contribution in [0.5, 0.6) is 5.75 Å². The van der Waals surface area contributed by atoms with Crippen molar-refractivity contribution in [3.8, 4) is 5.75 Å². The van der Waals surface area contributed by atoms with E-state index < -0.39 is 0 Å². The van der Waals surface area contributed by atoms with Gasteiger partial charge >= 0.3 is 5.97 Å². The van der Waals surface area contributed by atoms with Crippen LogP contribution in [0.3, 0.4) is 0 Å². The first-order chi connectivity index (χ1) is 8.67. The molecular formula is C15H20O3. The highest BCUT2D eigenvalue weighted by Crippen LogP contribution is 2.15. The predicted molar refractivity (Wildman–Crippen MR) is 72.5 cm³/mol. The minimum absolute atomic E-state index is 0.274. The number of rotatable bonds is 6. The molecule has 1 rings (SSSR count). The van der Waals surface area contributed by atoms with Crippen LogP contribution in [0.2, 0.25) is 0 Å². The molecular weight excluding hydrogens is 228 g/mol. The molecule has 1 aromatic rings. The zero-order valence-corrected chi connectivity index (χ0v) is 11.2. The molecule has 0 N–H and O–H groups in total. The number of ether oxygens (including phenoxy) is 2. The lowest BCUT2D eigenvalue weighted by Crippen LogP contribution is -2.04. The molecule has 0 radical (unpaired) electrons. The van der Waals surface area contributed by atoms with Crippen molar-refractivity contribution in [2.75, 3.05) is 13.2 Å². The Morgan fingerprint density at radius 3 is 2.44 bits per heavy atom. The van der Waals surface area contributed by atoms with Crippen molar-refractivity contribution in [2.45, 2.75) is 27.2 Å². The van der Waals surface area contributed by atoms with Crippen molar-refractivity contribution < 1.29 is 14.3 Å². The van der Waals surface area contributed by atoms with Gasteiger partial charge < -0.3 is 9.47 Å². The molecule has 0 atom stereocenters. The molecule has 0 aromatic heterocycles. The molecule has 0 fully saturated rings. The van der Waals surface area contributed by atoms with Crippen LogP contribution < -0.4 is 4.74 Å². The van der Waals surface area contributed by atoms with Crippen molar-refractivity contribution in [3.05, 3.63) is 35.4 Å². The lowest BCUT2D eigenvalue weighted by molar-refractivity contribution is -0.138. The van der Waals surface area contributed by atoms with E-state index in [2.05, 4.69) is 6.92 Å². The van der Waals surface area contributed by atoms with Crippen molar-refractivity contribution in [3.63, 3.8) is 0 Å². The van der Waals surface area contributed by atoms with Crippen molar-refractivity contribution in [1.29, 1.82) is 0 Å². The van der Waals surface area contributed by atoms with E-state index in [0.29, 0.717) is 12.2 Å². The highest BCUT2D eigenvalue weighted by molar-refractivity contribution is 5.92. The Bertz CT molecular complexity index is 404. The summed E-state index contributed by atoms with van der Waals surface area (Å²) in [6.45, 7) is 6.73. The Morgan fingerprint density at radius 1 is 1.22 bits per heavy atom. The Morgan fingerprint density at radius 2 is 1.89 bits per heavy atom. The van der Waals surface area contributed by atoms with Gasteiger partial charge in [-0.05, 0) is 44.0 Å². The number of carbonyl (C=O) groups excluding carboxylic acids is 1. The summed E-state index contributed by atoms with van der Waals surface area (Å²) in [5.74, 6) is 0.576. The second-order valence-corrected chi connectivity index (χ2v) is 3.97. The van der Waals surface area contributed by atoms with Crippen LogP contribution in [0.15, 0.2) is 29.8 Å². The molecule has 0 aliphatic heterocycles. The van der Waals surface area contributed by atoms with Crippen molar-refractivity contribution in [2.24, 2.45) is 0 Å². The van der Waals surface area contributed by atoms with Gasteiger partial charge in [0.1, 0.15) is 5.75 Å². The summed E-state index contributed by atoms with van der Waals surface area (Å²) in [5.41, 5.74) is 1.56. The summed E-state index contributed by atoms with van der Waals surface area (Å²) in [7, 11) is 0. The molecule has 0 saturated carbocycles. The van der Waals surface area contributed by atoms with Gasteiger partial charge in [0.25, 0.3) is 0 Å². The lowest BCUT2D eigenvalue weighted by Gasteiger charge is -2.05. The zero-order chi connectivity index (χ0) is 13.4. The average molecular weight is 248 g/mol. The molecule has 3 heteroatoms. The fourth-order valence-electron chi connectivity index (χ4n) is 1.43. The van der Waals surface area contributed by atoms with Gasteiger partial charge in [0, 0.05) is 5.57 Å². The van der Waals surface area contributed by atoms with E-state index in [9.17, 15) is 4.79 Å². The minimum Gasteiger partial charge on any atom is -0.494 e. The quantitative estimate of drug-likeness (QED) is 0.571. The van der Waals surface area contributed by atoms with Gasteiger partial charge in [-0.2, -0.15) is 0 Å². The number of carbonyl (C=O) groups is 1. The summed E-state index contributed by atoms with van der Waals surface area (Å²) < 4.78 is 10.4. The van der Waals surface area contributed by atoms with E-state index in [-0.39, 0.29) is 5.97 Å². The molecule has 18 heavy (non-hydrogen) atoms. The van der Waals surface area contributed by atoms with E-state index in [1.807, 2.05) is 30.3 Å². The van der Waals surface area contributed by atoms with Crippen LogP contribution in [-0.2, 0) is 9.53 Å². The molecule has 0 spiro atoms. The highest BCUT2D eigenvalue weighted by atomic mass is 16.5. The minimum atomic E-state index is -0.274. The maximum absolute atomic E-state index is 11.4. The first kappa shape index (κ1) is 14.3. The largest absolute Gasteiger partial charge is 0.494 e. The van der Waals surface area contributed by atoms with Gasteiger partial charge in [0.15, 0.2) is 0 Å². The van der Waals surface area contributed by atoms with Crippen molar-refractivity contribution >= 4 is 12.0 Å². The molecule has 3 nitrogen and oxygen atoms in total. The summed E-state index contributed by atoms with van der Waals surface area (Å²) in [4.78, 5) is 11.4. The monoisotopic (exact) mass is 248 g/mol. The third-order valence-electron chi connectivity index (χ3n) is 2.33. The van der Waals surface area contributed by atoms with Crippen LogP contribution in [-0.4, -0.2) is 19.2 Å². The second kappa shape index (κ2) is 7.54. The maximum Gasteiger partial charge on any atom is 0.333 e. The Kier molecular flexibility index (Phi) is 5.98. The topological polar surface area (TPSA) is 35.5 Å². The number of hydrogen-bond acceptors (Lipinski definition) is 3. The molecule has 0 bridgehead atoms. The Hall–Kier alpha value is -1.77. The van der Waals surface area contributed by atoms with Gasteiger partial charge in [-0.1, -0.05) is 19.1 Å². The number of esters is 1. The third kappa shape index (κ3) is 4.62. The molecule has 1 aromatic carbocycles. The van der Waals surface area contributed by atoms with Gasteiger partial charge in [-0.25, -0.2) is 4.79 Å². The van der Waals surface area contributed by atoms with Crippen LogP contribution in [0.1, 0.15) is 32.8 Å². The van der Waals surface area contributed by atoms with E-state index >= 15 is 0 Å². The summed E-state index contributed by atoms with van der Waals surface area (Å²) in [6.07, 6.45) is 2.80. The van der Waals surface area contributed by atoms with Gasteiger partial charge in [-0.3, -0.25) is 0 Å². The van der Waals surface area contributed by atoms with Gasteiger partial charge in [0.05, 0.1) is 13.2 Å². The fraction of sp³-hybridized carbons (Fsp3) is 0.400. The normalized spacial score (nSPS) is 11.2. The number of hydrogen-bond donors (Lipinski definition) is 0. The summed E-state index contributed by atoms with van der Waals surface area (Å²) >= 11 is 0. The number of benzene rings is 1. The average Bonchev–Trinajstić information content (AvgIpc) is 2.38. The smallest absolute Gasteiger partial charge is 0.333 e. The van der Waals surface area contributed by atoms with Crippen LogP contribution in [0.4, 0.5) is 0 Å². The SMILES string of the molecule is CCCOc1ccc(/C=C(/C)C(=O)OCC)cc1. The van der Waals surface area contributed by atoms with Gasteiger partial charge in [0.2, 0.25) is 0 Å². The fourth-order valence-corrected chi connectivity index (χ4v) is 1.43. The van der Waals surface area contributed by atoms with Crippen LogP contribution >= 0.6 is 0 Å². The first-order valence-electron chi connectivity index (χ1n) is 6.25. The molecule has 0 aliphatic rings. The Balaban J connectivity index is 2.67. The maximum atomic E-state index is 11.4. The van der Waals surface area contributed by atoms with Crippen LogP contribution in [0.25, 0.3) is 6.08 Å². The van der Waals surface area contributed by atoms with Crippen LogP contribution in [0, 0.1) is 0 Å². The molecule has 98 valence electrons. The first-order valence-corrected chi connectivity index (χ1v) is 6.25. The van der Waals surface area contributed by atoms with Gasteiger partial charge in [-0.15, -0.1) is 0 Å². The van der Waals surface area contributed by atoms with Crippen molar-refractivity contribution in [1.82, 2.24) is 0 Å². The Labute approximate surface area is 108 Å². The standard InChI is InChI=1S/C15H20O3/c1-4-10-18-14-8-6-13(7-9-14)11-12(3)15(16)17-5-2/h6-9,11H,4-5,10H2,1-3H3/b12-11-. The van der Waals surface area contributed by atoms with E-state index in [1.165, 1.54) is 0 Å².